The Morgan fingerprint density at radius 2 is 1.78 bits per heavy atom. The maximum atomic E-state index is 10.8. The summed E-state index contributed by atoms with van der Waals surface area (Å²) in [7, 11) is 0. The van der Waals surface area contributed by atoms with E-state index in [9.17, 15) is 4.79 Å². The zero-order valence-electron chi connectivity index (χ0n) is 4.73. The van der Waals surface area contributed by atoms with Gasteiger partial charge in [0.25, 0.3) is 0 Å². The zero-order chi connectivity index (χ0) is 6.85. The number of carbonyl (C=O) groups excluding carboxylic acids is 1. The predicted octanol–water partition coefficient (Wildman–Crippen LogP) is 1.38. The fourth-order valence-electron chi connectivity index (χ4n) is 0.797. The Bertz CT molecular complexity index is 116. The summed E-state index contributed by atoms with van der Waals surface area (Å²) >= 11 is 6.61. The van der Waals surface area contributed by atoms with E-state index < -0.39 is 0 Å². The Balaban J connectivity index is 2.43. The summed E-state index contributed by atoms with van der Waals surface area (Å²) in [6, 6.07) is 0. The van der Waals surface area contributed by atoms with Crippen LogP contribution in [0.15, 0.2) is 0 Å². The highest BCUT2D eigenvalue weighted by Gasteiger charge is 2.21. The number of hydrogen-bond acceptors (Lipinski definition) is 2. The normalized spacial score (nSPS) is 36.9. The third-order valence-electron chi connectivity index (χ3n) is 1.18. The van der Waals surface area contributed by atoms with Crippen LogP contribution in [-0.4, -0.2) is 15.7 Å². The first-order valence-electron chi connectivity index (χ1n) is 2.74. The molecule has 1 aliphatic rings. The van der Waals surface area contributed by atoms with Crippen LogP contribution in [0.2, 0.25) is 0 Å². The molecule has 9 heavy (non-hydrogen) atoms. The van der Waals surface area contributed by atoms with Crippen LogP contribution in [0, 0.1) is 0 Å². The highest BCUT2D eigenvalue weighted by Crippen LogP contribution is 2.16. The Hall–Kier alpha value is 0.590. The lowest BCUT2D eigenvalue weighted by Gasteiger charge is -2.21. The first-order valence-corrected chi connectivity index (χ1v) is 4.57. The summed E-state index contributed by atoms with van der Waals surface area (Å²) in [5.41, 5.74) is 0. The molecule has 52 valence electrons. The number of ketones is 1. The molecule has 1 saturated heterocycles. The van der Waals surface area contributed by atoms with Crippen LogP contribution in [-0.2, 0) is 4.79 Å². The number of hydrogen-bond donors (Lipinski definition) is 1. The molecule has 1 fully saturated rings. The summed E-state index contributed by atoms with van der Waals surface area (Å²) in [5.74, 6) is 0.303. The summed E-state index contributed by atoms with van der Waals surface area (Å²) in [4.78, 5) is 11.1. The van der Waals surface area contributed by atoms with Gasteiger partial charge >= 0.3 is 0 Å². The van der Waals surface area contributed by atoms with Crippen LogP contribution >= 0.6 is 31.9 Å². The highest BCUT2D eigenvalue weighted by molar-refractivity contribution is 9.10. The molecule has 1 N–H and O–H groups in total. The molecule has 1 heterocycles. The quantitative estimate of drug-likeness (QED) is 0.524. The van der Waals surface area contributed by atoms with Gasteiger partial charge in [0.1, 0.15) is 5.78 Å². The number of nitrogens with one attached hydrogen (secondary N) is 1. The van der Waals surface area contributed by atoms with Gasteiger partial charge in [-0.15, -0.1) is 0 Å². The molecular formula is C5H7Br2NO. The first kappa shape index (κ1) is 7.69. The third kappa shape index (κ3) is 2.35. The van der Waals surface area contributed by atoms with Crippen molar-refractivity contribution in [3.63, 3.8) is 0 Å². The van der Waals surface area contributed by atoms with Crippen molar-refractivity contribution >= 4 is 37.6 Å². The van der Waals surface area contributed by atoms with Crippen molar-refractivity contribution in [1.29, 1.82) is 0 Å². The lowest BCUT2D eigenvalue weighted by atomic mass is 10.1. The number of halogens is 2. The van der Waals surface area contributed by atoms with Gasteiger partial charge in [0, 0.05) is 12.8 Å². The molecule has 1 rings (SSSR count). The maximum Gasteiger partial charge on any atom is 0.137 e. The van der Waals surface area contributed by atoms with E-state index in [1.165, 1.54) is 0 Å². The molecule has 1 aliphatic heterocycles. The fourth-order valence-corrected chi connectivity index (χ4v) is 2.51. The minimum absolute atomic E-state index is 0.156. The number of alkyl halides is 2. The Labute approximate surface area is 70.6 Å². The molecule has 0 aromatic carbocycles. The second-order valence-electron chi connectivity index (χ2n) is 2.05. The summed E-state index contributed by atoms with van der Waals surface area (Å²) in [6.07, 6.45) is 1.20. The average molecular weight is 257 g/mol. The van der Waals surface area contributed by atoms with E-state index in [0.29, 0.717) is 18.6 Å². The molecule has 0 amide bonds. The lowest BCUT2D eigenvalue weighted by Crippen LogP contribution is -2.39. The average Bonchev–Trinajstić information content (AvgIpc) is 1.59. The van der Waals surface area contributed by atoms with E-state index in [-0.39, 0.29) is 9.90 Å². The maximum absolute atomic E-state index is 10.8. The van der Waals surface area contributed by atoms with E-state index >= 15 is 0 Å². The minimum Gasteiger partial charge on any atom is -0.300 e. The van der Waals surface area contributed by atoms with Gasteiger partial charge in [-0.05, 0) is 0 Å². The Kier molecular flexibility index (Phi) is 2.67. The topological polar surface area (TPSA) is 29.1 Å². The van der Waals surface area contributed by atoms with Gasteiger partial charge in [-0.1, -0.05) is 31.9 Å². The Morgan fingerprint density at radius 3 is 2.11 bits per heavy atom. The molecule has 4 heteroatoms. The fraction of sp³-hybridized carbons (Fsp3) is 0.800. The van der Waals surface area contributed by atoms with Gasteiger partial charge in [0.15, 0.2) is 0 Å². The SMILES string of the molecule is O=C1CC(Br)NC(Br)C1. The van der Waals surface area contributed by atoms with Crippen LogP contribution in [0.5, 0.6) is 0 Å². The number of piperidine rings is 1. The van der Waals surface area contributed by atoms with Crippen LogP contribution in [0.25, 0.3) is 0 Å². The van der Waals surface area contributed by atoms with Crippen molar-refractivity contribution in [3.05, 3.63) is 0 Å². The van der Waals surface area contributed by atoms with Crippen LogP contribution in [0.3, 0.4) is 0 Å². The molecule has 0 saturated carbocycles. The number of carbonyl (C=O) groups is 1. The van der Waals surface area contributed by atoms with Crippen molar-refractivity contribution < 1.29 is 4.79 Å². The third-order valence-corrected chi connectivity index (χ3v) is 2.35. The molecule has 0 spiro atoms. The van der Waals surface area contributed by atoms with E-state index in [1.54, 1.807) is 0 Å². The molecule has 0 aliphatic carbocycles. The molecule has 0 radical (unpaired) electrons. The summed E-state index contributed by atoms with van der Waals surface area (Å²) in [5, 5.41) is 3.12. The van der Waals surface area contributed by atoms with Crippen molar-refractivity contribution in [2.75, 3.05) is 0 Å². The largest absolute Gasteiger partial charge is 0.300 e. The van der Waals surface area contributed by atoms with Crippen molar-refractivity contribution in [3.8, 4) is 0 Å². The van der Waals surface area contributed by atoms with Gasteiger partial charge in [0.05, 0.1) is 9.90 Å². The van der Waals surface area contributed by atoms with Gasteiger partial charge in [-0.25, -0.2) is 0 Å². The summed E-state index contributed by atoms with van der Waals surface area (Å²) in [6.45, 7) is 0. The predicted molar refractivity (Wildman–Crippen MR) is 42.8 cm³/mol. The lowest BCUT2D eigenvalue weighted by molar-refractivity contribution is -0.120. The minimum atomic E-state index is 0.156. The molecule has 0 aromatic heterocycles. The smallest absolute Gasteiger partial charge is 0.137 e. The molecule has 2 unspecified atom stereocenters. The van der Waals surface area contributed by atoms with Crippen LogP contribution in [0.1, 0.15) is 12.8 Å². The second kappa shape index (κ2) is 3.12. The number of rotatable bonds is 0. The second-order valence-corrected chi connectivity index (χ2v) is 4.26. The molecule has 0 aromatic rings. The number of Topliss-reactive ketones (excluding diaryl/α,β-unsaturated/α-hetero) is 1. The first-order chi connectivity index (χ1) is 4.18. The standard InChI is InChI=1S/C5H7Br2NO/c6-4-1-3(9)2-5(7)8-4/h4-5,8H,1-2H2. The molecule has 2 nitrogen and oxygen atoms in total. The monoisotopic (exact) mass is 255 g/mol. The van der Waals surface area contributed by atoms with E-state index in [2.05, 4.69) is 37.2 Å². The van der Waals surface area contributed by atoms with E-state index in [1.807, 2.05) is 0 Å². The van der Waals surface area contributed by atoms with E-state index in [4.69, 9.17) is 0 Å². The van der Waals surface area contributed by atoms with Crippen molar-refractivity contribution in [1.82, 2.24) is 5.32 Å². The highest BCUT2D eigenvalue weighted by atomic mass is 79.9. The van der Waals surface area contributed by atoms with Gasteiger partial charge in [-0.2, -0.15) is 0 Å². The van der Waals surface area contributed by atoms with Crippen molar-refractivity contribution in [2.45, 2.75) is 22.7 Å². The van der Waals surface area contributed by atoms with E-state index in [0.717, 1.165) is 0 Å². The molecule has 0 bridgehead atoms. The molecule has 2 atom stereocenters. The summed E-state index contributed by atoms with van der Waals surface area (Å²) < 4.78 is 0. The van der Waals surface area contributed by atoms with Gasteiger partial charge in [0.2, 0.25) is 0 Å². The van der Waals surface area contributed by atoms with Gasteiger partial charge in [-0.3, -0.25) is 10.1 Å². The van der Waals surface area contributed by atoms with Gasteiger partial charge < -0.3 is 0 Å². The van der Waals surface area contributed by atoms with Crippen LogP contribution in [0.4, 0.5) is 0 Å². The van der Waals surface area contributed by atoms with Crippen molar-refractivity contribution in [2.24, 2.45) is 0 Å². The Morgan fingerprint density at radius 1 is 1.33 bits per heavy atom. The van der Waals surface area contributed by atoms with Crippen LogP contribution < -0.4 is 5.32 Å². The zero-order valence-corrected chi connectivity index (χ0v) is 7.91. The molecular weight excluding hydrogens is 250 g/mol.